The predicted octanol–water partition coefficient (Wildman–Crippen LogP) is 3.40. The summed E-state index contributed by atoms with van der Waals surface area (Å²) >= 11 is 0. The van der Waals surface area contributed by atoms with Crippen LogP contribution in [0.1, 0.15) is 63.4 Å². The first kappa shape index (κ1) is 13.0. The Morgan fingerprint density at radius 2 is 1.63 bits per heavy atom. The average Bonchev–Trinajstić information content (AvgIpc) is 2.49. The van der Waals surface area contributed by atoms with Crippen LogP contribution in [0.3, 0.4) is 0 Å². The third kappa shape index (κ3) is 2.53. The van der Waals surface area contributed by atoms with Crippen LogP contribution in [-0.2, 0) is 5.54 Å². The van der Waals surface area contributed by atoms with Crippen LogP contribution < -0.4 is 5.73 Å². The number of nitrogens with zero attached hydrogens (tertiary/aromatic N) is 2. The van der Waals surface area contributed by atoms with E-state index in [1.54, 1.807) is 6.33 Å². The molecule has 0 bridgehead atoms. The highest BCUT2D eigenvalue weighted by Gasteiger charge is 2.43. The van der Waals surface area contributed by atoms with E-state index < -0.39 is 0 Å². The van der Waals surface area contributed by atoms with E-state index in [0.717, 1.165) is 17.9 Å². The molecule has 2 aliphatic rings. The molecule has 19 heavy (non-hydrogen) atoms. The molecule has 1 heterocycles. The highest BCUT2D eigenvalue weighted by Crippen LogP contribution is 2.47. The van der Waals surface area contributed by atoms with Crippen LogP contribution in [0, 0.1) is 11.8 Å². The molecule has 0 saturated heterocycles. The highest BCUT2D eigenvalue weighted by molar-refractivity contribution is 5.20. The van der Waals surface area contributed by atoms with Gasteiger partial charge in [0.25, 0.3) is 0 Å². The van der Waals surface area contributed by atoms with Gasteiger partial charge in [-0.1, -0.05) is 44.9 Å². The minimum atomic E-state index is -0.179. The molecule has 0 aliphatic heterocycles. The topological polar surface area (TPSA) is 51.8 Å². The minimum Gasteiger partial charge on any atom is -0.321 e. The van der Waals surface area contributed by atoms with Crippen LogP contribution in [0.25, 0.3) is 0 Å². The summed E-state index contributed by atoms with van der Waals surface area (Å²) in [4.78, 5) is 8.39. The largest absolute Gasteiger partial charge is 0.321 e. The van der Waals surface area contributed by atoms with E-state index in [4.69, 9.17) is 5.73 Å². The molecule has 2 unspecified atom stereocenters. The minimum absolute atomic E-state index is 0.179. The van der Waals surface area contributed by atoms with Crippen LogP contribution >= 0.6 is 0 Å². The zero-order valence-corrected chi connectivity index (χ0v) is 11.7. The molecular weight excluding hydrogens is 234 g/mol. The molecule has 2 fully saturated rings. The first-order chi connectivity index (χ1) is 9.31. The molecular formula is C16H25N3. The van der Waals surface area contributed by atoms with Crippen LogP contribution in [0.4, 0.5) is 0 Å². The quantitative estimate of drug-likeness (QED) is 0.885. The van der Waals surface area contributed by atoms with Crippen molar-refractivity contribution in [1.82, 2.24) is 9.97 Å². The van der Waals surface area contributed by atoms with Gasteiger partial charge in [0, 0.05) is 23.5 Å². The van der Waals surface area contributed by atoms with Crippen molar-refractivity contribution < 1.29 is 0 Å². The van der Waals surface area contributed by atoms with Crippen molar-refractivity contribution in [1.29, 1.82) is 0 Å². The Kier molecular flexibility index (Phi) is 3.83. The Labute approximate surface area is 116 Å². The summed E-state index contributed by atoms with van der Waals surface area (Å²) in [6.07, 6.45) is 17.4. The maximum Gasteiger partial charge on any atom is 0.115 e. The molecule has 3 rings (SSSR count). The van der Waals surface area contributed by atoms with Crippen molar-refractivity contribution in [3.05, 3.63) is 24.3 Å². The summed E-state index contributed by atoms with van der Waals surface area (Å²) < 4.78 is 0. The van der Waals surface area contributed by atoms with Crippen molar-refractivity contribution in [2.24, 2.45) is 17.6 Å². The Bertz CT molecular complexity index is 400. The summed E-state index contributed by atoms with van der Waals surface area (Å²) in [5.74, 6) is 1.45. The van der Waals surface area contributed by atoms with Gasteiger partial charge >= 0.3 is 0 Å². The van der Waals surface area contributed by atoms with E-state index in [0.29, 0.717) is 5.92 Å². The van der Waals surface area contributed by atoms with E-state index in [1.807, 2.05) is 12.4 Å². The van der Waals surface area contributed by atoms with Crippen LogP contribution in [0.15, 0.2) is 18.7 Å². The molecule has 1 aromatic heterocycles. The molecule has 0 spiro atoms. The maximum atomic E-state index is 6.88. The number of nitrogens with two attached hydrogens (primary N) is 1. The molecule has 0 aromatic carbocycles. The van der Waals surface area contributed by atoms with Gasteiger partial charge in [-0.05, 0) is 24.7 Å². The average molecular weight is 259 g/mol. The van der Waals surface area contributed by atoms with Crippen molar-refractivity contribution in [3.63, 3.8) is 0 Å². The third-order valence-corrected chi connectivity index (χ3v) is 5.33. The zero-order chi connectivity index (χ0) is 13.1. The van der Waals surface area contributed by atoms with Crippen molar-refractivity contribution in [3.8, 4) is 0 Å². The van der Waals surface area contributed by atoms with Crippen molar-refractivity contribution in [2.75, 3.05) is 0 Å². The predicted molar refractivity (Wildman–Crippen MR) is 76.4 cm³/mol. The second-order valence-electron chi connectivity index (χ2n) is 6.42. The lowest BCUT2D eigenvalue weighted by Crippen LogP contribution is -2.49. The van der Waals surface area contributed by atoms with Gasteiger partial charge in [-0.15, -0.1) is 0 Å². The third-order valence-electron chi connectivity index (χ3n) is 5.33. The normalized spacial score (nSPS) is 33.2. The Hall–Kier alpha value is -0.960. The molecule has 3 heteroatoms. The van der Waals surface area contributed by atoms with E-state index in [1.165, 1.54) is 51.4 Å². The van der Waals surface area contributed by atoms with Gasteiger partial charge in [-0.25, -0.2) is 9.97 Å². The number of aromatic nitrogens is 2. The summed E-state index contributed by atoms with van der Waals surface area (Å²) in [7, 11) is 0. The van der Waals surface area contributed by atoms with Gasteiger partial charge in [0.15, 0.2) is 0 Å². The van der Waals surface area contributed by atoms with Gasteiger partial charge in [-0.3, -0.25) is 0 Å². The summed E-state index contributed by atoms with van der Waals surface area (Å²) in [5, 5.41) is 0. The fourth-order valence-corrected chi connectivity index (χ4v) is 4.32. The number of rotatable bonds is 2. The summed E-state index contributed by atoms with van der Waals surface area (Å²) in [6.45, 7) is 0. The zero-order valence-electron chi connectivity index (χ0n) is 11.7. The maximum absolute atomic E-state index is 6.88. The lowest BCUT2D eigenvalue weighted by molar-refractivity contribution is 0.0980. The monoisotopic (exact) mass is 259 g/mol. The lowest BCUT2D eigenvalue weighted by atomic mass is 9.62. The number of hydrogen-bond acceptors (Lipinski definition) is 3. The molecule has 2 saturated carbocycles. The molecule has 104 valence electrons. The fourth-order valence-electron chi connectivity index (χ4n) is 4.32. The second kappa shape index (κ2) is 5.58. The Balaban J connectivity index is 1.87. The summed E-state index contributed by atoms with van der Waals surface area (Å²) in [5.41, 5.74) is 7.85. The van der Waals surface area contributed by atoms with Crippen LogP contribution in [0.5, 0.6) is 0 Å². The molecule has 1 aromatic rings. The second-order valence-corrected chi connectivity index (χ2v) is 6.42. The first-order valence-corrected chi connectivity index (χ1v) is 7.85. The van der Waals surface area contributed by atoms with Gasteiger partial charge in [-0.2, -0.15) is 0 Å². The van der Waals surface area contributed by atoms with Crippen molar-refractivity contribution >= 4 is 0 Å². The smallest absolute Gasteiger partial charge is 0.115 e. The van der Waals surface area contributed by atoms with Crippen LogP contribution in [-0.4, -0.2) is 9.97 Å². The molecule has 3 nitrogen and oxygen atoms in total. The molecule has 0 radical (unpaired) electrons. The lowest BCUT2D eigenvalue weighted by Gasteiger charge is -2.46. The molecule has 2 N–H and O–H groups in total. The van der Waals surface area contributed by atoms with Crippen molar-refractivity contribution in [2.45, 2.75) is 63.3 Å². The van der Waals surface area contributed by atoms with E-state index >= 15 is 0 Å². The standard InChI is InChI=1S/C16H25N3/c17-16(14-10-18-12-19-11-14)9-5-4-8-15(16)13-6-2-1-3-7-13/h10-13,15H,1-9,17H2. The summed E-state index contributed by atoms with van der Waals surface area (Å²) in [6, 6.07) is 0. The Morgan fingerprint density at radius 3 is 2.37 bits per heavy atom. The van der Waals surface area contributed by atoms with Gasteiger partial charge in [0.2, 0.25) is 0 Å². The molecule has 2 aliphatic carbocycles. The van der Waals surface area contributed by atoms with Crippen LogP contribution in [0.2, 0.25) is 0 Å². The molecule has 2 atom stereocenters. The number of hydrogen-bond donors (Lipinski definition) is 1. The van der Waals surface area contributed by atoms with E-state index in [9.17, 15) is 0 Å². The fraction of sp³-hybridized carbons (Fsp3) is 0.750. The van der Waals surface area contributed by atoms with Gasteiger partial charge < -0.3 is 5.73 Å². The van der Waals surface area contributed by atoms with E-state index in [2.05, 4.69) is 9.97 Å². The van der Waals surface area contributed by atoms with Gasteiger partial charge in [0.05, 0.1) is 0 Å². The molecule has 0 amide bonds. The first-order valence-electron chi connectivity index (χ1n) is 7.85. The van der Waals surface area contributed by atoms with E-state index in [-0.39, 0.29) is 5.54 Å². The van der Waals surface area contributed by atoms with Gasteiger partial charge in [0.1, 0.15) is 6.33 Å². The SMILES string of the molecule is NC1(c2cncnc2)CCCCC1C1CCCCC1. The Morgan fingerprint density at radius 1 is 0.947 bits per heavy atom. The highest BCUT2D eigenvalue weighted by atomic mass is 14.9.